The molecular formula is C10H13NO3. The van der Waals surface area contributed by atoms with E-state index in [9.17, 15) is 9.90 Å². The van der Waals surface area contributed by atoms with E-state index >= 15 is 0 Å². The van der Waals surface area contributed by atoms with Gasteiger partial charge in [0.1, 0.15) is 12.1 Å². The summed E-state index contributed by atoms with van der Waals surface area (Å²) in [4.78, 5) is 11.0. The van der Waals surface area contributed by atoms with Gasteiger partial charge in [-0.3, -0.25) is 4.79 Å². The zero-order valence-electron chi connectivity index (χ0n) is 7.88. The molecule has 1 rings (SSSR count). The second-order valence-corrected chi connectivity index (χ2v) is 2.90. The zero-order valence-corrected chi connectivity index (χ0v) is 7.88. The lowest BCUT2D eigenvalue weighted by Crippen LogP contribution is -2.37. The van der Waals surface area contributed by atoms with Crippen LogP contribution in [0.25, 0.3) is 0 Å². The van der Waals surface area contributed by atoms with Crippen molar-refractivity contribution in [3.8, 4) is 0 Å². The topological polar surface area (TPSA) is 72.5 Å². The minimum atomic E-state index is -1.04. The first-order valence-electron chi connectivity index (χ1n) is 4.23. The largest absolute Gasteiger partial charge is 0.468 e. The number of methoxy groups -OCH3 is 1. The number of benzene rings is 1. The van der Waals surface area contributed by atoms with Gasteiger partial charge in [0, 0.05) is 0 Å². The molecule has 0 spiro atoms. The predicted molar refractivity (Wildman–Crippen MR) is 51.4 cm³/mol. The molecule has 0 aliphatic rings. The molecule has 0 heterocycles. The fraction of sp³-hybridized carbons (Fsp3) is 0.300. The lowest BCUT2D eigenvalue weighted by atomic mass is 10.0. The predicted octanol–water partition coefficient (Wildman–Crippen LogP) is 0.220. The minimum absolute atomic E-state index is 0.602. The fourth-order valence-corrected chi connectivity index (χ4v) is 1.12. The molecule has 0 radical (unpaired) electrons. The van der Waals surface area contributed by atoms with Crippen LogP contribution in [0.3, 0.4) is 0 Å². The van der Waals surface area contributed by atoms with Crippen LogP contribution in [-0.4, -0.2) is 24.2 Å². The third kappa shape index (κ3) is 2.31. The molecule has 0 aromatic heterocycles. The van der Waals surface area contributed by atoms with Gasteiger partial charge in [-0.05, 0) is 5.56 Å². The first-order chi connectivity index (χ1) is 6.66. The third-order valence-corrected chi connectivity index (χ3v) is 1.95. The molecule has 0 amide bonds. The van der Waals surface area contributed by atoms with Crippen molar-refractivity contribution < 1.29 is 14.6 Å². The number of nitrogens with two attached hydrogens (primary N) is 1. The maximum Gasteiger partial charge on any atom is 0.325 e. The molecular weight excluding hydrogens is 182 g/mol. The number of hydrogen-bond acceptors (Lipinski definition) is 4. The van der Waals surface area contributed by atoms with Gasteiger partial charge in [0.2, 0.25) is 0 Å². The summed E-state index contributed by atoms with van der Waals surface area (Å²) in [6, 6.07) is 7.72. The number of rotatable bonds is 3. The molecule has 0 saturated heterocycles. The van der Waals surface area contributed by atoms with E-state index < -0.39 is 18.1 Å². The van der Waals surface area contributed by atoms with E-state index in [1.54, 1.807) is 24.3 Å². The SMILES string of the molecule is COC(=O)[C@H](N)[C@H](O)c1ccccc1. The van der Waals surface area contributed by atoms with Gasteiger partial charge < -0.3 is 15.6 Å². The van der Waals surface area contributed by atoms with Crippen LogP contribution in [0, 0.1) is 0 Å². The van der Waals surface area contributed by atoms with Crippen molar-refractivity contribution in [2.24, 2.45) is 5.73 Å². The first-order valence-corrected chi connectivity index (χ1v) is 4.23. The lowest BCUT2D eigenvalue weighted by molar-refractivity contribution is -0.145. The first kappa shape index (κ1) is 10.7. The van der Waals surface area contributed by atoms with Gasteiger partial charge in [-0.1, -0.05) is 30.3 Å². The molecule has 0 bridgehead atoms. The second-order valence-electron chi connectivity index (χ2n) is 2.90. The summed E-state index contributed by atoms with van der Waals surface area (Å²) in [7, 11) is 1.24. The molecule has 76 valence electrons. The number of esters is 1. The summed E-state index contributed by atoms with van der Waals surface area (Å²) in [5.41, 5.74) is 6.08. The van der Waals surface area contributed by atoms with Gasteiger partial charge in [-0.25, -0.2) is 0 Å². The highest BCUT2D eigenvalue weighted by atomic mass is 16.5. The summed E-state index contributed by atoms with van der Waals surface area (Å²) in [6.45, 7) is 0. The quantitative estimate of drug-likeness (QED) is 0.677. The maximum absolute atomic E-state index is 11.0. The third-order valence-electron chi connectivity index (χ3n) is 1.95. The van der Waals surface area contributed by atoms with E-state index in [-0.39, 0.29) is 0 Å². The number of hydrogen-bond donors (Lipinski definition) is 2. The van der Waals surface area contributed by atoms with Crippen LogP contribution in [0.5, 0.6) is 0 Å². The van der Waals surface area contributed by atoms with E-state index in [2.05, 4.69) is 4.74 Å². The molecule has 1 aromatic rings. The smallest absolute Gasteiger partial charge is 0.325 e. The molecule has 4 nitrogen and oxygen atoms in total. The van der Waals surface area contributed by atoms with Crippen molar-refractivity contribution in [3.63, 3.8) is 0 Å². The van der Waals surface area contributed by atoms with Gasteiger partial charge in [-0.2, -0.15) is 0 Å². The van der Waals surface area contributed by atoms with E-state index in [4.69, 9.17) is 5.73 Å². The van der Waals surface area contributed by atoms with E-state index in [1.165, 1.54) is 7.11 Å². The van der Waals surface area contributed by atoms with Gasteiger partial charge >= 0.3 is 5.97 Å². The molecule has 14 heavy (non-hydrogen) atoms. The highest BCUT2D eigenvalue weighted by molar-refractivity contribution is 5.76. The van der Waals surface area contributed by atoms with Crippen LogP contribution in [0.4, 0.5) is 0 Å². The van der Waals surface area contributed by atoms with Crippen LogP contribution in [-0.2, 0) is 9.53 Å². The normalized spacial score (nSPS) is 14.5. The fourth-order valence-electron chi connectivity index (χ4n) is 1.12. The van der Waals surface area contributed by atoms with E-state index in [1.807, 2.05) is 6.07 Å². The lowest BCUT2D eigenvalue weighted by Gasteiger charge is -2.16. The average molecular weight is 195 g/mol. The van der Waals surface area contributed by atoms with Gasteiger partial charge in [0.15, 0.2) is 0 Å². The Morgan fingerprint density at radius 1 is 1.43 bits per heavy atom. The molecule has 2 atom stereocenters. The Kier molecular flexibility index (Phi) is 3.62. The van der Waals surface area contributed by atoms with Gasteiger partial charge in [0.05, 0.1) is 7.11 Å². The highest BCUT2D eigenvalue weighted by Crippen LogP contribution is 2.15. The molecule has 1 aromatic carbocycles. The number of carbonyl (C=O) groups excluding carboxylic acids is 1. The summed E-state index contributed by atoms with van der Waals surface area (Å²) in [5, 5.41) is 9.66. The van der Waals surface area contributed by atoms with Crippen molar-refractivity contribution in [2.45, 2.75) is 12.1 Å². The number of carbonyl (C=O) groups is 1. The number of aliphatic hydroxyl groups excluding tert-OH is 1. The van der Waals surface area contributed by atoms with E-state index in [0.29, 0.717) is 5.56 Å². The molecule has 3 N–H and O–H groups in total. The Morgan fingerprint density at radius 2 is 2.00 bits per heavy atom. The average Bonchev–Trinajstić information content (AvgIpc) is 2.27. The maximum atomic E-state index is 11.0. The molecule has 4 heteroatoms. The Labute approximate surface area is 82.3 Å². The van der Waals surface area contributed by atoms with Gasteiger partial charge in [-0.15, -0.1) is 0 Å². The minimum Gasteiger partial charge on any atom is -0.468 e. The van der Waals surface area contributed by atoms with Crippen molar-refractivity contribution in [2.75, 3.05) is 7.11 Å². The highest BCUT2D eigenvalue weighted by Gasteiger charge is 2.24. The summed E-state index contributed by atoms with van der Waals surface area (Å²) in [6.07, 6.45) is -1.02. The summed E-state index contributed by atoms with van der Waals surface area (Å²) >= 11 is 0. The van der Waals surface area contributed by atoms with E-state index in [0.717, 1.165) is 0 Å². The Balaban J connectivity index is 2.75. The van der Waals surface area contributed by atoms with Crippen LogP contribution >= 0.6 is 0 Å². The van der Waals surface area contributed by atoms with Crippen molar-refractivity contribution in [1.29, 1.82) is 0 Å². The molecule has 0 fully saturated rings. The standard InChI is InChI=1S/C10H13NO3/c1-14-10(13)8(11)9(12)7-5-3-2-4-6-7/h2-6,8-9,12H,11H2,1H3/t8-,9-/m1/s1. The monoisotopic (exact) mass is 195 g/mol. The van der Waals surface area contributed by atoms with Crippen molar-refractivity contribution in [3.05, 3.63) is 35.9 Å². The van der Waals surface area contributed by atoms with Crippen molar-refractivity contribution >= 4 is 5.97 Å². The molecule has 0 unspecified atom stereocenters. The second kappa shape index (κ2) is 4.74. The van der Waals surface area contributed by atoms with Crippen molar-refractivity contribution in [1.82, 2.24) is 0 Å². The van der Waals surface area contributed by atoms with Gasteiger partial charge in [0.25, 0.3) is 0 Å². The molecule has 0 saturated carbocycles. The molecule has 0 aliphatic heterocycles. The van der Waals surface area contributed by atoms with Crippen LogP contribution < -0.4 is 5.73 Å². The van der Waals surface area contributed by atoms with Crippen LogP contribution in [0.15, 0.2) is 30.3 Å². The molecule has 0 aliphatic carbocycles. The Morgan fingerprint density at radius 3 is 2.50 bits per heavy atom. The number of aliphatic hydroxyl groups is 1. The van der Waals surface area contributed by atoms with Crippen LogP contribution in [0.2, 0.25) is 0 Å². The zero-order chi connectivity index (χ0) is 10.6. The van der Waals surface area contributed by atoms with Crippen LogP contribution in [0.1, 0.15) is 11.7 Å². The summed E-state index contributed by atoms with van der Waals surface area (Å²) in [5.74, 6) is -0.624. The Bertz CT molecular complexity index is 299. The number of ether oxygens (including phenoxy) is 1. The Hall–Kier alpha value is -1.39. The summed E-state index contributed by atoms with van der Waals surface area (Å²) < 4.78 is 4.43.